The van der Waals surface area contributed by atoms with Crippen LogP contribution in [0, 0.1) is 5.82 Å². The molecule has 128 valence electrons. The first-order chi connectivity index (χ1) is 11.3. The third kappa shape index (κ3) is 2.99. The van der Waals surface area contributed by atoms with Gasteiger partial charge in [-0.15, -0.1) is 0 Å². The number of carbonyl (C=O) groups excluding carboxylic acids is 1. The highest BCUT2D eigenvalue weighted by Gasteiger charge is 2.46. The molecule has 1 aliphatic heterocycles. The number of hydrogen-bond donors (Lipinski definition) is 1. The molecule has 1 aliphatic rings. The van der Waals surface area contributed by atoms with Crippen LogP contribution in [0.3, 0.4) is 0 Å². The topological polar surface area (TPSA) is 58.4 Å². The van der Waals surface area contributed by atoms with Crippen LogP contribution < -0.4 is 0 Å². The van der Waals surface area contributed by atoms with E-state index in [2.05, 4.69) is 5.10 Å². The largest absolute Gasteiger partial charge is 0.423 e. The van der Waals surface area contributed by atoms with Crippen LogP contribution in [-0.4, -0.2) is 44.5 Å². The molecule has 5 nitrogen and oxygen atoms in total. The van der Waals surface area contributed by atoms with Crippen molar-refractivity contribution in [2.45, 2.75) is 25.2 Å². The van der Waals surface area contributed by atoms with Crippen molar-refractivity contribution in [3.63, 3.8) is 0 Å². The number of nitrogens with zero attached hydrogens (tertiary/aromatic N) is 3. The molecule has 1 N–H and O–H groups in total. The summed E-state index contributed by atoms with van der Waals surface area (Å²) in [5, 5.41) is 13.2. The second-order valence-electron chi connectivity index (χ2n) is 5.46. The second-order valence-corrected chi connectivity index (χ2v) is 5.46. The number of hydrogen-bond acceptors (Lipinski definition) is 3. The summed E-state index contributed by atoms with van der Waals surface area (Å²) >= 11 is 0. The average molecular weight is 343 g/mol. The number of carbonyl (C=O) groups is 1. The molecule has 0 spiro atoms. The van der Waals surface area contributed by atoms with Crippen molar-refractivity contribution in [2.75, 3.05) is 6.54 Å². The Kier molecular flexibility index (Phi) is 4.04. The van der Waals surface area contributed by atoms with Crippen LogP contribution in [0.25, 0.3) is 5.69 Å². The second kappa shape index (κ2) is 5.90. The van der Waals surface area contributed by atoms with Crippen LogP contribution in [0.2, 0.25) is 0 Å². The van der Waals surface area contributed by atoms with Crippen LogP contribution in [0.5, 0.6) is 0 Å². The van der Waals surface area contributed by atoms with Crippen molar-refractivity contribution in [1.29, 1.82) is 0 Å². The molecule has 0 bridgehead atoms. The number of aliphatic hydroxyl groups is 1. The molecular weight excluding hydrogens is 330 g/mol. The van der Waals surface area contributed by atoms with E-state index in [9.17, 15) is 22.4 Å². The molecule has 9 heteroatoms. The molecule has 0 fully saturated rings. The van der Waals surface area contributed by atoms with Crippen LogP contribution in [0.1, 0.15) is 11.3 Å². The number of rotatable bonds is 2. The number of alkyl halides is 3. The molecule has 0 saturated carbocycles. The monoisotopic (exact) mass is 343 g/mol. The highest BCUT2D eigenvalue weighted by Crippen LogP contribution is 2.26. The predicted octanol–water partition coefficient (Wildman–Crippen LogP) is 1.82. The Morgan fingerprint density at radius 3 is 2.54 bits per heavy atom. The highest BCUT2D eigenvalue weighted by molar-refractivity contribution is 5.81. The summed E-state index contributed by atoms with van der Waals surface area (Å²) in [7, 11) is 0. The maximum Gasteiger partial charge on any atom is 0.423 e. The molecule has 1 aromatic heterocycles. The minimum Gasteiger partial charge on any atom is -0.376 e. The minimum atomic E-state index is -4.99. The fraction of sp³-hybridized carbons (Fsp3) is 0.333. The number of aliphatic hydroxyl groups excluding tert-OH is 1. The summed E-state index contributed by atoms with van der Waals surface area (Å²) < 4.78 is 51.9. The number of benzene rings is 1. The number of halogens is 4. The van der Waals surface area contributed by atoms with Gasteiger partial charge in [0.15, 0.2) is 0 Å². The Balaban J connectivity index is 1.81. The van der Waals surface area contributed by atoms with Gasteiger partial charge in [-0.25, -0.2) is 9.07 Å². The molecule has 0 aliphatic carbocycles. The van der Waals surface area contributed by atoms with Gasteiger partial charge in [-0.3, -0.25) is 4.79 Å². The average Bonchev–Trinajstić information content (AvgIpc) is 2.96. The van der Waals surface area contributed by atoms with E-state index in [0.29, 0.717) is 11.3 Å². The number of aromatic nitrogens is 2. The van der Waals surface area contributed by atoms with Crippen LogP contribution >= 0.6 is 0 Å². The highest BCUT2D eigenvalue weighted by atomic mass is 19.4. The molecule has 1 unspecified atom stereocenters. The molecule has 2 aromatic rings. The van der Waals surface area contributed by atoms with Gasteiger partial charge in [0.05, 0.1) is 17.6 Å². The van der Waals surface area contributed by atoms with Crippen LogP contribution in [-0.2, 0) is 17.8 Å². The number of amides is 1. The van der Waals surface area contributed by atoms with Crippen LogP contribution in [0.15, 0.2) is 30.5 Å². The first-order valence-electron chi connectivity index (χ1n) is 7.12. The van der Waals surface area contributed by atoms with E-state index < -0.39 is 24.0 Å². The first kappa shape index (κ1) is 16.4. The fourth-order valence-electron chi connectivity index (χ4n) is 2.64. The predicted molar refractivity (Wildman–Crippen MR) is 74.7 cm³/mol. The Labute approximate surface area is 134 Å². The van der Waals surface area contributed by atoms with Gasteiger partial charge in [0, 0.05) is 25.1 Å². The van der Waals surface area contributed by atoms with E-state index >= 15 is 0 Å². The Morgan fingerprint density at radius 2 is 1.92 bits per heavy atom. The molecule has 0 saturated heterocycles. The van der Waals surface area contributed by atoms with Gasteiger partial charge in [0.1, 0.15) is 5.82 Å². The van der Waals surface area contributed by atoms with Crippen LogP contribution in [0.4, 0.5) is 17.6 Å². The van der Waals surface area contributed by atoms with Crippen molar-refractivity contribution in [3.8, 4) is 5.69 Å². The third-order valence-corrected chi connectivity index (χ3v) is 3.86. The van der Waals surface area contributed by atoms with Gasteiger partial charge >= 0.3 is 6.18 Å². The third-order valence-electron chi connectivity index (χ3n) is 3.86. The first-order valence-corrected chi connectivity index (χ1v) is 7.12. The standard InChI is InChI=1S/C15H13F4N3O2/c16-10-1-3-11(4-2-10)22-12-5-6-21(8-9(12)7-20-22)14(24)13(23)15(17,18)19/h1-4,7,13,23H,5-6,8H2. The van der Waals surface area contributed by atoms with E-state index in [0.717, 1.165) is 10.6 Å². The molecule has 2 heterocycles. The minimum absolute atomic E-state index is 0.0336. The van der Waals surface area contributed by atoms with Gasteiger partial charge in [0.2, 0.25) is 6.10 Å². The van der Waals surface area contributed by atoms with Gasteiger partial charge < -0.3 is 10.0 Å². The zero-order chi connectivity index (χ0) is 17.5. The van der Waals surface area contributed by atoms with E-state index in [1.807, 2.05) is 0 Å². The summed E-state index contributed by atoms with van der Waals surface area (Å²) in [5.74, 6) is -1.76. The zero-order valence-corrected chi connectivity index (χ0v) is 12.3. The van der Waals surface area contributed by atoms with Gasteiger partial charge in [-0.1, -0.05) is 0 Å². The SMILES string of the molecule is O=C(C(O)C(F)(F)F)N1CCc2c(cnn2-c2ccc(F)cc2)C1. The zero-order valence-electron chi connectivity index (χ0n) is 12.3. The number of fused-ring (bicyclic) bond motifs is 1. The molecular formula is C15H13F4N3O2. The molecule has 1 amide bonds. The van der Waals surface area contributed by atoms with Gasteiger partial charge in [0.25, 0.3) is 5.91 Å². The summed E-state index contributed by atoms with van der Waals surface area (Å²) in [4.78, 5) is 12.7. The lowest BCUT2D eigenvalue weighted by atomic mass is 10.1. The van der Waals surface area contributed by atoms with Gasteiger partial charge in [-0.05, 0) is 24.3 Å². The lowest BCUT2D eigenvalue weighted by molar-refractivity contribution is -0.211. The van der Waals surface area contributed by atoms with Crippen molar-refractivity contribution in [2.24, 2.45) is 0 Å². The normalized spacial score (nSPS) is 16.0. The summed E-state index contributed by atoms with van der Waals surface area (Å²) in [5.41, 5.74) is 1.95. The van der Waals surface area contributed by atoms with E-state index in [1.54, 1.807) is 4.68 Å². The Bertz CT molecular complexity index is 755. The quantitative estimate of drug-likeness (QED) is 0.847. The molecule has 1 aromatic carbocycles. The summed E-state index contributed by atoms with van der Waals surface area (Å²) in [6.45, 7) is -0.0334. The lowest BCUT2D eigenvalue weighted by Gasteiger charge is -2.29. The molecule has 1 atom stereocenters. The fourth-order valence-corrected chi connectivity index (χ4v) is 2.64. The Morgan fingerprint density at radius 1 is 1.25 bits per heavy atom. The molecule has 24 heavy (non-hydrogen) atoms. The van der Waals surface area contributed by atoms with Crippen molar-refractivity contribution < 1.29 is 27.5 Å². The van der Waals surface area contributed by atoms with E-state index in [1.165, 1.54) is 30.5 Å². The molecule has 0 radical (unpaired) electrons. The smallest absolute Gasteiger partial charge is 0.376 e. The maximum absolute atomic E-state index is 13.0. The van der Waals surface area contributed by atoms with Crippen molar-refractivity contribution >= 4 is 5.91 Å². The van der Waals surface area contributed by atoms with Crippen molar-refractivity contribution in [3.05, 3.63) is 47.5 Å². The van der Waals surface area contributed by atoms with Crippen molar-refractivity contribution in [1.82, 2.24) is 14.7 Å². The molecule has 3 rings (SSSR count). The maximum atomic E-state index is 13.0. The summed E-state index contributed by atoms with van der Waals surface area (Å²) in [6, 6.07) is 5.63. The summed E-state index contributed by atoms with van der Waals surface area (Å²) in [6.07, 6.45) is -6.28. The van der Waals surface area contributed by atoms with E-state index in [-0.39, 0.29) is 19.5 Å². The Hall–Kier alpha value is -2.42. The van der Waals surface area contributed by atoms with E-state index in [4.69, 9.17) is 5.11 Å². The van der Waals surface area contributed by atoms with Gasteiger partial charge in [-0.2, -0.15) is 18.3 Å². The lowest BCUT2D eigenvalue weighted by Crippen LogP contribution is -2.48.